The van der Waals surface area contributed by atoms with Crippen LogP contribution in [0.25, 0.3) is 0 Å². The highest BCUT2D eigenvalue weighted by Crippen LogP contribution is 2.50. The van der Waals surface area contributed by atoms with Crippen LogP contribution in [0, 0.1) is 17.8 Å². The summed E-state index contributed by atoms with van der Waals surface area (Å²) in [7, 11) is 0. The molecule has 3 nitrogen and oxygen atoms in total. The largest absolute Gasteiger partial charge is 0.416 e. The van der Waals surface area contributed by atoms with E-state index in [9.17, 15) is 23.1 Å². The fourth-order valence-electron chi connectivity index (χ4n) is 3.43. The second kappa shape index (κ2) is 7.77. The molecule has 26 heavy (non-hydrogen) atoms. The highest BCUT2D eigenvalue weighted by atomic mass is 35.5. The molecule has 0 aliphatic heterocycles. The molecule has 0 radical (unpaired) electrons. The molecule has 2 aliphatic carbocycles. The number of hydrogen-bond acceptors (Lipinski definition) is 2. The Morgan fingerprint density at radius 2 is 1.69 bits per heavy atom. The van der Waals surface area contributed by atoms with E-state index < -0.39 is 18.8 Å². The van der Waals surface area contributed by atoms with Crippen molar-refractivity contribution in [1.82, 2.24) is 4.90 Å². The van der Waals surface area contributed by atoms with Crippen LogP contribution in [-0.2, 0) is 11.2 Å². The van der Waals surface area contributed by atoms with Crippen molar-refractivity contribution in [3.63, 3.8) is 0 Å². The Labute approximate surface area is 156 Å². The van der Waals surface area contributed by atoms with E-state index in [1.807, 2.05) is 0 Å². The molecule has 1 N–H and O–H groups in total. The molecule has 7 heteroatoms. The van der Waals surface area contributed by atoms with Crippen LogP contribution in [0.3, 0.4) is 0 Å². The van der Waals surface area contributed by atoms with E-state index in [2.05, 4.69) is 0 Å². The van der Waals surface area contributed by atoms with Gasteiger partial charge >= 0.3 is 6.18 Å². The lowest BCUT2D eigenvalue weighted by Crippen LogP contribution is -2.47. The summed E-state index contributed by atoms with van der Waals surface area (Å²) < 4.78 is 38.5. The number of aliphatic hydroxyl groups excluding tert-OH is 1. The molecule has 2 saturated carbocycles. The molecule has 2 fully saturated rings. The highest BCUT2D eigenvalue weighted by molar-refractivity contribution is 6.30. The van der Waals surface area contributed by atoms with Crippen molar-refractivity contribution in [3.05, 3.63) is 34.9 Å². The Bertz CT molecular complexity index is 615. The molecular formula is C19H23ClF3NO2. The Hall–Kier alpha value is -1.27. The minimum absolute atomic E-state index is 0.156. The zero-order valence-electron chi connectivity index (χ0n) is 14.4. The Balaban J connectivity index is 1.69. The topological polar surface area (TPSA) is 40.5 Å². The van der Waals surface area contributed by atoms with Crippen LogP contribution < -0.4 is 0 Å². The molecule has 0 saturated heterocycles. The molecular weight excluding hydrogens is 367 g/mol. The van der Waals surface area contributed by atoms with Crippen LogP contribution in [0.2, 0.25) is 5.02 Å². The van der Waals surface area contributed by atoms with Crippen LogP contribution in [0.15, 0.2) is 24.3 Å². The number of aliphatic hydroxyl groups is 1. The van der Waals surface area contributed by atoms with Crippen molar-refractivity contribution < 1.29 is 23.1 Å². The Morgan fingerprint density at radius 3 is 2.15 bits per heavy atom. The van der Waals surface area contributed by atoms with Gasteiger partial charge in [-0.2, -0.15) is 13.2 Å². The normalized spacial score (nSPS) is 18.8. The Kier molecular flexibility index (Phi) is 5.82. The molecule has 1 amide bonds. The van der Waals surface area contributed by atoms with Crippen molar-refractivity contribution in [2.75, 3.05) is 13.1 Å². The summed E-state index contributed by atoms with van der Waals surface area (Å²) in [6.45, 7) is -0.546. The molecule has 1 atom stereocenters. The van der Waals surface area contributed by atoms with E-state index in [0.717, 1.165) is 31.2 Å². The van der Waals surface area contributed by atoms with E-state index in [0.29, 0.717) is 23.3 Å². The third-order valence-electron chi connectivity index (χ3n) is 5.21. The van der Waals surface area contributed by atoms with Gasteiger partial charge in [0.2, 0.25) is 5.91 Å². The summed E-state index contributed by atoms with van der Waals surface area (Å²) in [6, 6.07) is 7.02. The van der Waals surface area contributed by atoms with Gasteiger partial charge in [-0.1, -0.05) is 23.7 Å². The quantitative estimate of drug-likeness (QED) is 0.728. The maximum atomic E-state index is 13.0. The smallest absolute Gasteiger partial charge is 0.382 e. The van der Waals surface area contributed by atoms with Gasteiger partial charge < -0.3 is 10.0 Å². The molecule has 0 aromatic heterocycles. The molecule has 144 valence electrons. The molecule has 2 aliphatic rings. The zero-order valence-corrected chi connectivity index (χ0v) is 15.1. The molecule has 1 aromatic rings. The summed E-state index contributed by atoms with van der Waals surface area (Å²) in [5.41, 5.74) is 0.892. The standard InChI is InChI=1S/C19H23ClF3NO2/c20-15-7-1-12(2-8-15)9-10-24(11-16(25)19(21,22)23)18(26)17(13-3-4-13)14-5-6-14/h1-2,7-8,13-14,16-17,25H,3-6,9-11H2/t16-/m1/s1. The number of amides is 1. The third-order valence-corrected chi connectivity index (χ3v) is 5.46. The van der Waals surface area contributed by atoms with Crippen LogP contribution in [0.1, 0.15) is 31.2 Å². The van der Waals surface area contributed by atoms with Crippen molar-refractivity contribution >= 4 is 17.5 Å². The predicted molar refractivity (Wildman–Crippen MR) is 92.7 cm³/mol. The van der Waals surface area contributed by atoms with Crippen molar-refractivity contribution in [2.24, 2.45) is 17.8 Å². The van der Waals surface area contributed by atoms with E-state index in [4.69, 9.17) is 11.6 Å². The van der Waals surface area contributed by atoms with E-state index in [1.54, 1.807) is 24.3 Å². The summed E-state index contributed by atoms with van der Waals surface area (Å²) in [5.74, 6) is 0.194. The number of hydrogen-bond donors (Lipinski definition) is 1. The van der Waals surface area contributed by atoms with Gasteiger partial charge in [0.15, 0.2) is 6.10 Å². The van der Waals surface area contributed by atoms with Gasteiger partial charge in [0, 0.05) is 17.5 Å². The third kappa shape index (κ3) is 5.13. The van der Waals surface area contributed by atoms with Gasteiger partial charge in [0.1, 0.15) is 0 Å². The lowest BCUT2D eigenvalue weighted by Gasteiger charge is -2.30. The van der Waals surface area contributed by atoms with Crippen molar-refractivity contribution in [1.29, 1.82) is 0 Å². The SMILES string of the molecule is O=C(C(C1CC1)C1CC1)N(CCc1ccc(Cl)cc1)C[C@@H](O)C(F)(F)F. The van der Waals surface area contributed by atoms with Crippen LogP contribution in [0.4, 0.5) is 13.2 Å². The van der Waals surface area contributed by atoms with Crippen molar-refractivity contribution in [3.8, 4) is 0 Å². The van der Waals surface area contributed by atoms with Gasteiger partial charge in [0.25, 0.3) is 0 Å². The first-order valence-corrected chi connectivity index (χ1v) is 9.41. The summed E-state index contributed by atoms with van der Waals surface area (Å²) in [6.07, 6.45) is -2.93. The fraction of sp³-hybridized carbons (Fsp3) is 0.632. The average Bonchev–Trinajstić information content (AvgIpc) is 3.46. The number of rotatable bonds is 8. The minimum Gasteiger partial charge on any atom is -0.382 e. The number of alkyl halides is 3. The van der Waals surface area contributed by atoms with Gasteiger partial charge in [-0.15, -0.1) is 0 Å². The van der Waals surface area contributed by atoms with E-state index >= 15 is 0 Å². The lowest BCUT2D eigenvalue weighted by molar-refractivity contribution is -0.208. The minimum atomic E-state index is -4.73. The van der Waals surface area contributed by atoms with Gasteiger partial charge in [-0.3, -0.25) is 4.79 Å². The Morgan fingerprint density at radius 1 is 1.15 bits per heavy atom. The van der Waals surface area contributed by atoms with Crippen molar-refractivity contribution in [2.45, 2.75) is 44.4 Å². The molecule has 0 unspecified atom stereocenters. The second-order valence-corrected chi connectivity index (χ2v) is 7.86. The zero-order chi connectivity index (χ0) is 18.9. The molecule has 0 bridgehead atoms. The monoisotopic (exact) mass is 389 g/mol. The fourth-order valence-corrected chi connectivity index (χ4v) is 3.55. The maximum Gasteiger partial charge on any atom is 0.416 e. The number of nitrogens with zero attached hydrogens (tertiary/aromatic N) is 1. The lowest BCUT2D eigenvalue weighted by atomic mass is 9.95. The first kappa shape index (κ1) is 19.5. The van der Waals surface area contributed by atoms with Crippen LogP contribution in [-0.4, -0.2) is 41.3 Å². The van der Waals surface area contributed by atoms with Gasteiger partial charge in [-0.05, 0) is 61.6 Å². The first-order valence-electron chi connectivity index (χ1n) is 9.03. The van der Waals surface area contributed by atoms with E-state index in [-0.39, 0.29) is 18.4 Å². The first-order chi connectivity index (χ1) is 12.3. The predicted octanol–water partition coefficient (Wildman–Crippen LogP) is 4.07. The van der Waals surface area contributed by atoms with Gasteiger partial charge in [0.05, 0.1) is 6.54 Å². The number of halogens is 4. The van der Waals surface area contributed by atoms with Crippen LogP contribution >= 0.6 is 11.6 Å². The second-order valence-electron chi connectivity index (χ2n) is 7.42. The van der Waals surface area contributed by atoms with E-state index in [1.165, 1.54) is 4.90 Å². The molecule has 1 aromatic carbocycles. The summed E-state index contributed by atoms with van der Waals surface area (Å²) >= 11 is 5.85. The summed E-state index contributed by atoms with van der Waals surface area (Å²) in [4.78, 5) is 14.2. The molecule has 3 rings (SSSR count). The molecule has 0 spiro atoms. The number of carbonyl (C=O) groups is 1. The highest BCUT2D eigenvalue weighted by Gasteiger charge is 2.48. The number of benzene rings is 1. The average molecular weight is 390 g/mol. The van der Waals surface area contributed by atoms with Gasteiger partial charge in [-0.25, -0.2) is 0 Å². The summed E-state index contributed by atoms with van der Waals surface area (Å²) in [5, 5.41) is 10.1. The molecule has 0 heterocycles. The van der Waals surface area contributed by atoms with Crippen LogP contribution in [0.5, 0.6) is 0 Å². The number of carbonyl (C=O) groups excluding carboxylic acids is 1. The maximum absolute atomic E-state index is 13.0.